The highest BCUT2D eigenvalue weighted by Crippen LogP contribution is 2.28. The van der Waals surface area contributed by atoms with Gasteiger partial charge in [0.2, 0.25) is 0 Å². The summed E-state index contributed by atoms with van der Waals surface area (Å²) in [6.07, 6.45) is 1.86. The van der Waals surface area contributed by atoms with Crippen molar-refractivity contribution in [2.45, 2.75) is 0 Å². The minimum Gasteiger partial charge on any atom is -0.388 e. The molecule has 0 aliphatic rings. The van der Waals surface area contributed by atoms with Crippen LogP contribution in [0.2, 0.25) is 0 Å². The van der Waals surface area contributed by atoms with Crippen LogP contribution in [-0.4, -0.2) is 17.0 Å². The third-order valence-corrected chi connectivity index (χ3v) is 3.88. The first kappa shape index (κ1) is 12.9. The lowest BCUT2D eigenvalue weighted by Crippen LogP contribution is -1.87. The summed E-state index contributed by atoms with van der Waals surface area (Å²) in [7, 11) is 1.91. The van der Waals surface area contributed by atoms with Crippen LogP contribution in [-0.2, 0) is 0 Å². The van der Waals surface area contributed by atoms with Gasteiger partial charge in [-0.3, -0.25) is 0 Å². The fourth-order valence-electron chi connectivity index (χ4n) is 2.08. The van der Waals surface area contributed by atoms with Crippen LogP contribution in [0.1, 0.15) is 0 Å². The molecule has 0 unspecified atom stereocenters. The Morgan fingerprint density at radius 1 is 1.05 bits per heavy atom. The van der Waals surface area contributed by atoms with E-state index in [9.17, 15) is 0 Å². The number of halogens is 1. The zero-order valence-electron chi connectivity index (χ0n) is 11.0. The van der Waals surface area contributed by atoms with E-state index in [0.717, 1.165) is 32.8 Å². The number of rotatable bonds is 3. The Kier molecular flexibility index (Phi) is 3.56. The minimum atomic E-state index is 0.874. The van der Waals surface area contributed by atoms with Gasteiger partial charge in [-0.1, -0.05) is 34.1 Å². The van der Waals surface area contributed by atoms with Crippen LogP contribution in [0.4, 0.5) is 5.69 Å². The Labute approximate surface area is 126 Å². The number of H-pyrrole nitrogens is 1. The standard InChI is InChI=1S/C16H14BrN3/c1-18-12-8-6-11(7-9-12)16-19-10-15(20-16)13-4-2-3-5-14(13)17/h2-10,18H,1H3,(H,19,20). The molecule has 3 aromatic rings. The van der Waals surface area contributed by atoms with Gasteiger partial charge in [0, 0.05) is 28.3 Å². The van der Waals surface area contributed by atoms with E-state index in [0.29, 0.717) is 0 Å². The lowest BCUT2D eigenvalue weighted by Gasteiger charge is -2.02. The van der Waals surface area contributed by atoms with Crippen molar-refractivity contribution in [3.8, 4) is 22.6 Å². The molecule has 0 atom stereocenters. The summed E-state index contributed by atoms with van der Waals surface area (Å²) in [5.41, 5.74) is 4.27. The molecule has 0 amide bonds. The smallest absolute Gasteiger partial charge is 0.137 e. The number of nitrogens with one attached hydrogen (secondary N) is 2. The van der Waals surface area contributed by atoms with Crippen LogP contribution in [0.15, 0.2) is 59.2 Å². The molecule has 1 heterocycles. The predicted octanol–water partition coefficient (Wildman–Crippen LogP) is 4.55. The first-order valence-corrected chi connectivity index (χ1v) is 7.15. The molecule has 4 heteroatoms. The number of aromatic nitrogens is 2. The number of imidazole rings is 1. The molecule has 20 heavy (non-hydrogen) atoms. The van der Waals surface area contributed by atoms with Gasteiger partial charge in [0.1, 0.15) is 5.82 Å². The molecule has 3 nitrogen and oxygen atoms in total. The van der Waals surface area contributed by atoms with Gasteiger partial charge in [0.25, 0.3) is 0 Å². The van der Waals surface area contributed by atoms with Crippen LogP contribution in [0.25, 0.3) is 22.6 Å². The van der Waals surface area contributed by atoms with Gasteiger partial charge in [-0.2, -0.15) is 0 Å². The van der Waals surface area contributed by atoms with Crippen LogP contribution in [0.5, 0.6) is 0 Å². The summed E-state index contributed by atoms with van der Waals surface area (Å²) >= 11 is 3.56. The van der Waals surface area contributed by atoms with Crippen molar-refractivity contribution in [1.29, 1.82) is 0 Å². The Morgan fingerprint density at radius 3 is 2.50 bits per heavy atom. The van der Waals surface area contributed by atoms with Gasteiger partial charge in [0.05, 0.1) is 11.9 Å². The van der Waals surface area contributed by atoms with Crippen molar-refractivity contribution in [3.63, 3.8) is 0 Å². The quantitative estimate of drug-likeness (QED) is 0.741. The Balaban J connectivity index is 1.95. The van der Waals surface area contributed by atoms with E-state index >= 15 is 0 Å². The second-order valence-electron chi connectivity index (χ2n) is 4.45. The van der Waals surface area contributed by atoms with Crippen molar-refractivity contribution in [3.05, 3.63) is 59.2 Å². The molecule has 0 saturated heterocycles. The summed E-state index contributed by atoms with van der Waals surface area (Å²) in [5.74, 6) is 0.874. The first-order valence-electron chi connectivity index (χ1n) is 6.36. The molecule has 0 radical (unpaired) electrons. The molecule has 0 saturated carbocycles. The van der Waals surface area contributed by atoms with E-state index in [4.69, 9.17) is 0 Å². The number of anilines is 1. The van der Waals surface area contributed by atoms with E-state index in [1.807, 2.05) is 43.6 Å². The first-order chi connectivity index (χ1) is 9.78. The fraction of sp³-hybridized carbons (Fsp3) is 0.0625. The largest absolute Gasteiger partial charge is 0.388 e. The van der Waals surface area contributed by atoms with E-state index in [-0.39, 0.29) is 0 Å². The maximum atomic E-state index is 4.46. The second-order valence-corrected chi connectivity index (χ2v) is 5.31. The summed E-state index contributed by atoms with van der Waals surface area (Å²) < 4.78 is 1.06. The SMILES string of the molecule is CNc1ccc(-c2ncc(-c3ccccc3Br)[nH]2)cc1. The molecule has 2 N–H and O–H groups in total. The third-order valence-electron chi connectivity index (χ3n) is 3.19. The maximum absolute atomic E-state index is 4.46. The van der Waals surface area contributed by atoms with Crippen LogP contribution in [0.3, 0.4) is 0 Å². The Morgan fingerprint density at radius 2 is 1.80 bits per heavy atom. The average molecular weight is 328 g/mol. The molecular formula is C16H14BrN3. The topological polar surface area (TPSA) is 40.7 Å². The molecule has 0 spiro atoms. The zero-order chi connectivity index (χ0) is 13.9. The molecule has 0 fully saturated rings. The maximum Gasteiger partial charge on any atom is 0.137 e. The number of hydrogen-bond donors (Lipinski definition) is 2. The highest BCUT2D eigenvalue weighted by atomic mass is 79.9. The molecule has 3 rings (SSSR count). The highest BCUT2D eigenvalue weighted by Gasteiger charge is 2.07. The van der Waals surface area contributed by atoms with E-state index in [1.54, 1.807) is 0 Å². The number of nitrogens with zero attached hydrogens (tertiary/aromatic N) is 1. The van der Waals surface area contributed by atoms with Gasteiger partial charge >= 0.3 is 0 Å². The van der Waals surface area contributed by atoms with Gasteiger partial charge < -0.3 is 10.3 Å². The van der Waals surface area contributed by atoms with Gasteiger partial charge in [-0.05, 0) is 30.3 Å². The van der Waals surface area contributed by atoms with Crippen molar-refractivity contribution in [2.75, 3.05) is 12.4 Å². The average Bonchev–Trinajstić information content (AvgIpc) is 2.97. The van der Waals surface area contributed by atoms with Crippen LogP contribution >= 0.6 is 15.9 Å². The number of aromatic amines is 1. The predicted molar refractivity (Wildman–Crippen MR) is 86.7 cm³/mol. The summed E-state index contributed by atoms with van der Waals surface area (Å²) in [6, 6.07) is 16.3. The van der Waals surface area contributed by atoms with Crippen molar-refractivity contribution >= 4 is 21.6 Å². The van der Waals surface area contributed by atoms with E-state index < -0.39 is 0 Å². The third kappa shape index (κ3) is 2.47. The lowest BCUT2D eigenvalue weighted by molar-refractivity contribution is 1.31. The van der Waals surface area contributed by atoms with Gasteiger partial charge in [-0.25, -0.2) is 4.98 Å². The molecule has 0 aliphatic carbocycles. The molecule has 0 aliphatic heterocycles. The second kappa shape index (κ2) is 5.51. The number of benzene rings is 2. The summed E-state index contributed by atoms with van der Waals surface area (Å²) in [4.78, 5) is 7.83. The molecule has 100 valence electrons. The fourth-order valence-corrected chi connectivity index (χ4v) is 2.58. The monoisotopic (exact) mass is 327 g/mol. The van der Waals surface area contributed by atoms with Crippen molar-refractivity contribution in [2.24, 2.45) is 0 Å². The zero-order valence-corrected chi connectivity index (χ0v) is 12.6. The summed E-state index contributed by atoms with van der Waals surface area (Å²) in [5, 5.41) is 3.11. The molecule has 1 aromatic heterocycles. The normalized spacial score (nSPS) is 10.5. The Hall–Kier alpha value is -2.07. The molecule has 0 bridgehead atoms. The minimum absolute atomic E-state index is 0.874. The van der Waals surface area contributed by atoms with Gasteiger partial charge in [-0.15, -0.1) is 0 Å². The lowest BCUT2D eigenvalue weighted by atomic mass is 10.2. The number of hydrogen-bond acceptors (Lipinski definition) is 2. The van der Waals surface area contributed by atoms with Crippen molar-refractivity contribution < 1.29 is 0 Å². The van der Waals surface area contributed by atoms with Crippen molar-refractivity contribution in [1.82, 2.24) is 9.97 Å². The summed E-state index contributed by atoms with van der Waals surface area (Å²) in [6.45, 7) is 0. The highest BCUT2D eigenvalue weighted by molar-refractivity contribution is 9.10. The van der Waals surface area contributed by atoms with E-state index in [2.05, 4.69) is 49.4 Å². The van der Waals surface area contributed by atoms with Crippen LogP contribution < -0.4 is 5.32 Å². The molecular weight excluding hydrogens is 314 g/mol. The Bertz CT molecular complexity index is 717. The van der Waals surface area contributed by atoms with Crippen LogP contribution in [0, 0.1) is 0 Å². The van der Waals surface area contributed by atoms with E-state index in [1.165, 1.54) is 0 Å². The molecule has 2 aromatic carbocycles. The van der Waals surface area contributed by atoms with Gasteiger partial charge in [0.15, 0.2) is 0 Å².